The molecule has 0 spiro atoms. The van der Waals surface area contributed by atoms with Crippen molar-refractivity contribution in [3.63, 3.8) is 0 Å². The fourth-order valence-corrected chi connectivity index (χ4v) is 3.05. The lowest BCUT2D eigenvalue weighted by atomic mass is 10.0. The van der Waals surface area contributed by atoms with Gasteiger partial charge in [0, 0.05) is 5.56 Å². The van der Waals surface area contributed by atoms with Crippen LogP contribution in [0, 0.1) is 23.5 Å². The Morgan fingerprint density at radius 3 is 2.19 bits per heavy atom. The van der Waals surface area contributed by atoms with Crippen molar-refractivity contribution in [2.24, 2.45) is 0 Å². The van der Waals surface area contributed by atoms with Gasteiger partial charge in [0.2, 0.25) is 0 Å². The van der Waals surface area contributed by atoms with E-state index < -0.39 is 23.7 Å². The van der Waals surface area contributed by atoms with Crippen molar-refractivity contribution < 1.29 is 26.7 Å². The van der Waals surface area contributed by atoms with E-state index in [0.29, 0.717) is 5.56 Å². The van der Waals surface area contributed by atoms with Crippen LogP contribution in [0.3, 0.4) is 0 Å². The zero-order chi connectivity index (χ0) is 23.1. The molecule has 0 aliphatic heterocycles. The van der Waals surface area contributed by atoms with Crippen LogP contribution < -0.4 is 4.74 Å². The van der Waals surface area contributed by atoms with Gasteiger partial charge < -0.3 is 4.74 Å². The van der Waals surface area contributed by atoms with E-state index in [1.807, 2.05) is 37.3 Å². The van der Waals surface area contributed by atoms with Crippen LogP contribution in [-0.4, -0.2) is 6.36 Å². The second-order valence-corrected chi connectivity index (χ2v) is 6.91. The minimum atomic E-state index is -4.85. The second kappa shape index (κ2) is 10.1. The van der Waals surface area contributed by atoms with Gasteiger partial charge in [0.25, 0.3) is 0 Å². The lowest BCUT2D eigenvalue weighted by Gasteiger charge is -2.10. The predicted molar refractivity (Wildman–Crippen MR) is 114 cm³/mol. The molecule has 1 nitrogen and oxygen atoms in total. The van der Waals surface area contributed by atoms with Crippen molar-refractivity contribution in [3.05, 3.63) is 101 Å². The molecule has 0 fully saturated rings. The highest BCUT2D eigenvalue weighted by molar-refractivity contribution is 5.68. The van der Waals surface area contributed by atoms with Crippen LogP contribution in [-0.2, 0) is 6.42 Å². The minimum Gasteiger partial charge on any atom is -0.406 e. The van der Waals surface area contributed by atoms with Crippen LogP contribution in [0.15, 0.2) is 72.8 Å². The molecule has 0 saturated heterocycles. The van der Waals surface area contributed by atoms with E-state index in [1.54, 1.807) is 0 Å². The smallest absolute Gasteiger partial charge is 0.406 e. The molecule has 3 aromatic carbocycles. The van der Waals surface area contributed by atoms with Gasteiger partial charge in [-0.3, -0.25) is 0 Å². The Bertz CT molecular complexity index is 1150. The summed E-state index contributed by atoms with van der Waals surface area (Å²) in [6.45, 7) is 1.97. The highest BCUT2D eigenvalue weighted by Crippen LogP contribution is 2.31. The molecule has 0 radical (unpaired) electrons. The van der Waals surface area contributed by atoms with Crippen LogP contribution in [0.1, 0.15) is 30.0 Å². The summed E-state index contributed by atoms with van der Waals surface area (Å²) in [5.41, 5.74) is 1.52. The number of ether oxygens (including phenoxy) is 1. The van der Waals surface area contributed by atoms with Crippen LogP contribution in [0.25, 0.3) is 11.1 Å². The average Bonchev–Trinajstić information content (AvgIpc) is 2.74. The fourth-order valence-electron chi connectivity index (χ4n) is 3.05. The molecule has 0 N–H and O–H groups in total. The first-order valence-electron chi connectivity index (χ1n) is 9.83. The Balaban J connectivity index is 1.83. The third-order valence-corrected chi connectivity index (χ3v) is 4.60. The summed E-state index contributed by atoms with van der Waals surface area (Å²) in [7, 11) is 0. The molecule has 3 rings (SSSR count). The maximum absolute atomic E-state index is 15.0. The van der Waals surface area contributed by atoms with Gasteiger partial charge in [-0.15, -0.1) is 13.2 Å². The summed E-state index contributed by atoms with van der Waals surface area (Å²) in [4.78, 5) is 0. The number of alkyl halides is 3. The van der Waals surface area contributed by atoms with Gasteiger partial charge in [0.1, 0.15) is 17.4 Å². The molecule has 164 valence electrons. The van der Waals surface area contributed by atoms with Gasteiger partial charge in [-0.05, 0) is 67.3 Å². The van der Waals surface area contributed by atoms with Crippen LogP contribution in [0.2, 0.25) is 0 Å². The van der Waals surface area contributed by atoms with E-state index in [4.69, 9.17) is 0 Å². The summed E-state index contributed by atoms with van der Waals surface area (Å²) in [5, 5.41) is 0. The lowest BCUT2D eigenvalue weighted by Crippen LogP contribution is -2.16. The maximum Gasteiger partial charge on any atom is 0.573 e. The van der Waals surface area contributed by atoms with Crippen molar-refractivity contribution in [1.82, 2.24) is 0 Å². The first-order valence-corrected chi connectivity index (χ1v) is 9.83. The van der Waals surface area contributed by atoms with Gasteiger partial charge >= 0.3 is 6.36 Å². The molecule has 0 atom stereocenters. The summed E-state index contributed by atoms with van der Waals surface area (Å²) in [5.74, 6) is 3.35. The van der Waals surface area contributed by atoms with E-state index in [0.717, 1.165) is 48.7 Å². The molecule has 32 heavy (non-hydrogen) atoms. The van der Waals surface area contributed by atoms with Crippen LogP contribution in [0.4, 0.5) is 22.0 Å². The van der Waals surface area contributed by atoms with Gasteiger partial charge in [-0.2, -0.15) is 0 Å². The number of rotatable bonds is 5. The van der Waals surface area contributed by atoms with Crippen molar-refractivity contribution >= 4 is 0 Å². The van der Waals surface area contributed by atoms with Crippen LogP contribution >= 0.6 is 0 Å². The first-order chi connectivity index (χ1) is 15.3. The third-order valence-electron chi connectivity index (χ3n) is 4.60. The van der Waals surface area contributed by atoms with Crippen LogP contribution in [0.5, 0.6) is 5.75 Å². The SMILES string of the molecule is C/C=C/CCc1ccc(C#Cc2ccc(F)c(-c3ccc(OC(F)(F)F)cc3)c2F)cc1. The summed E-state index contributed by atoms with van der Waals surface area (Å²) in [6.07, 6.45) is 1.07. The molecule has 0 saturated carbocycles. The molecule has 0 aromatic heterocycles. The van der Waals surface area contributed by atoms with Crippen molar-refractivity contribution in [2.75, 3.05) is 0 Å². The van der Waals surface area contributed by atoms with E-state index >= 15 is 0 Å². The first kappa shape index (κ1) is 23.1. The number of aryl methyl sites for hydroxylation is 1. The van der Waals surface area contributed by atoms with Gasteiger partial charge in [-0.25, -0.2) is 8.78 Å². The highest BCUT2D eigenvalue weighted by atomic mass is 19.4. The predicted octanol–water partition coefficient (Wildman–Crippen LogP) is 7.44. The van der Waals surface area contributed by atoms with Crippen molar-refractivity contribution in [2.45, 2.75) is 26.1 Å². The minimum absolute atomic E-state index is 0.0193. The molecule has 0 amide bonds. The topological polar surface area (TPSA) is 9.23 Å². The normalized spacial score (nSPS) is 11.3. The van der Waals surface area contributed by atoms with E-state index in [9.17, 15) is 22.0 Å². The van der Waals surface area contributed by atoms with Gasteiger partial charge in [0.05, 0.1) is 11.1 Å². The molecule has 0 aliphatic rings. The Kier molecular flexibility index (Phi) is 7.32. The zero-order valence-corrected chi connectivity index (χ0v) is 17.1. The molecular weight excluding hydrogens is 423 g/mol. The van der Waals surface area contributed by atoms with Gasteiger partial charge in [0.15, 0.2) is 0 Å². The third kappa shape index (κ3) is 6.21. The molecule has 0 bridgehead atoms. The number of benzene rings is 3. The highest BCUT2D eigenvalue weighted by Gasteiger charge is 2.31. The van der Waals surface area contributed by atoms with Crippen molar-refractivity contribution in [1.29, 1.82) is 0 Å². The fraction of sp³-hybridized carbons (Fsp3) is 0.154. The summed E-state index contributed by atoms with van der Waals surface area (Å²) < 4.78 is 70.0. The van der Waals surface area contributed by atoms with E-state index in [-0.39, 0.29) is 16.7 Å². The second-order valence-electron chi connectivity index (χ2n) is 6.91. The Morgan fingerprint density at radius 2 is 1.56 bits per heavy atom. The average molecular weight is 442 g/mol. The van der Waals surface area contributed by atoms with Crippen molar-refractivity contribution in [3.8, 4) is 28.7 Å². The lowest BCUT2D eigenvalue weighted by molar-refractivity contribution is -0.274. The summed E-state index contributed by atoms with van der Waals surface area (Å²) in [6, 6.07) is 14.2. The molecule has 3 aromatic rings. The van der Waals surface area contributed by atoms with E-state index in [1.165, 1.54) is 6.07 Å². The molecule has 0 aliphatic carbocycles. The quantitative estimate of drug-likeness (QED) is 0.227. The largest absolute Gasteiger partial charge is 0.573 e. The standard InChI is InChI=1S/C26H19F5O/c1-2-3-4-5-18-6-8-19(9-7-18)10-11-21-14-17-23(27)24(25(21)28)20-12-15-22(16-13-20)32-26(29,30)31/h2-3,6-9,12-17H,4-5H2,1H3/b3-2+. The maximum atomic E-state index is 15.0. The van der Waals surface area contributed by atoms with E-state index in [2.05, 4.69) is 22.7 Å². The molecule has 6 heteroatoms. The Hall–Kier alpha value is -3.59. The molecule has 0 heterocycles. The zero-order valence-electron chi connectivity index (χ0n) is 17.1. The number of hydrogen-bond donors (Lipinski definition) is 0. The molecule has 0 unspecified atom stereocenters. The Morgan fingerprint density at radius 1 is 0.875 bits per heavy atom. The number of halogens is 5. The Labute approximate surface area is 183 Å². The van der Waals surface area contributed by atoms with Gasteiger partial charge in [-0.1, -0.05) is 48.3 Å². The number of allylic oxidation sites excluding steroid dienone is 2. The molecular formula is C26H19F5O. The summed E-state index contributed by atoms with van der Waals surface area (Å²) >= 11 is 0. The monoisotopic (exact) mass is 442 g/mol. The number of hydrogen-bond acceptors (Lipinski definition) is 1.